The first-order valence-electron chi connectivity index (χ1n) is 23.8. The zero-order valence-electron chi connectivity index (χ0n) is 32.7. The van der Waals surface area contributed by atoms with Crippen molar-refractivity contribution in [2.45, 2.75) is 200 Å². The molecule has 0 radical (unpaired) electrons. The summed E-state index contributed by atoms with van der Waals surface area (Å²) in [6.07, 6.45) is 48.3. The van der Waals surface area contributed by atoms with Gasteiger partial charge in [0, 0.05) is 0 Å². The molecule has 0 bridgehead atoms. The molecule has 0 N–H and O–H groups in total. The van der Waals surface area contributed by atoms with E-state index in [1.165, 1.54) is 70.6 Å². The highest BCUT2D eigenvalue weighted by molar-refractivity contribution is 5.15. The minimum absolute atomic E-state index is 0.616. The van der Waals surface area contributed by atoms with Crippen LogP contribution in [0, 0.1) is 94.2 Å². The molecule has 9 rings (SSSR count). The van der Waals surface area contributed by atoms with Gasteiger partial charge in [-0.25, -0.2) is 0 Å². The van der Waals surface area contributed by atoms with Gasteiger partial charge in [-0.3, -0.25) is 0 Å². The van der Waals surface area contributed by atoms with E-state index in [1.807, 2.05) is 5.57 Å². The molecular formula is C49H80. The molecule has 49 heavy (non-hydrogen) atoms. The van der Waals surface area contributed by atoms with Gasteiger partial charge in [-0.05, 0) is 203 Å². The molecule has 9 aliphatic rings. The molecule has 9 unspecified atom stereocenters. The molecule has 0 saturated heterocycles. The van der Waals surface area contributed by atoms with Gasteiger partial charge in [-0.2, -0.15) is 0 Å². The van der Waals surface area contributed by atoms with E-state index < -0.39 is 0 Å². The Labute approximate surface area is 305 Å². The van der Waals surface area contributed by atoms with Gasteiger partial charge in [0.05, 0.1) is 0 Å². The summed E-state index contributed by atoms with van der Waals surface area (Å²) in [5.74, 6) is 15.9. The molecule has 276 valence electrons. The summed E-state index contributed by atoms with van der Waals surface area (Å²) in [6, 6.07) is 0. The van der Waals surface area contributed by atoms with Gasteiger partial charge >= 0.3 is 0 Å². The highest BCUT2D eigenvalue weighted by atomic mass is 14.6. The fraction of sp³-hybridized carbons (Fsp3) is 0.959. The summed E-state index contributed by atoms with van der Waals surface area (Å²) in [7, 11) is 0. The molecule has 0 amide bonds. The highest BCUT2D eigenvalue weighted by Crippen LogP contribution is 2.67. The molecule has 0 aromatic heterocycles. The minimum atomic E-state index is 0.616. The molecule has 0 nitrogen and oxygen atoms in total. The second kappa shape index (κ2) is 14.9. The quantitative estimate of drug-likeness (QED) is 0.256. The monoisotopic (exact) mass is 669 g/mol. The molecule has 9 aliphatic carbocycles. The highest BCUT2D eigenvalue weighted by Gasteiger charge is 2.60. The predicted molar refractivity (Wildman–Crippen MR) is 208 cm³/mol. The molecule has 9 saturated carbocycles. The Kier molecular flexibility index (Phi) is 10.5. The normalized spacial score (nSPS) is 47.7. The average Bonchev–Trinajstić information content (AvgIpc) is 3.39. The Morgan fingerprint density at radius 3 is 1.37 bits per heavy atom. The number of hydrogen-bond acceptors (Lipinski definition) is 0. The predicted octanol–water partition coefficient (Wildman–Crippen LogP) is 14.6. The van der Waals surface area contributed by atoms with Crippen LogP contribution in [-0.2, 0) is 0 Å². The molecular weight excluding hydrogens is 589 g/mol. The lowest BCUT2D eigenvalue weighted by Gasteiger charge is -2.61. The fourth-order valence-corrected chi connectivity index (χ4v) is 17.6. The van der Waals surface area contributed by atoms with Crippen LogP contribution in [0.1, 0.15) is 200 Å². The molecule has 0 heteroatoms. The van der Waals surface area contributed by atoms with Crippen molar-refractivity contribution in [3.8, 4) is 0 Å². The van der Waals surface area contributed by atoms with Crippen LogP contribution in [-0.4, -0.2) is 0 Å². The minimum Gasteiger partial charge on any atom is -0.0817 e. The molecule has 0 aromatic rings. The fourth-order valence-electron chi connectivity index (χ4n) is 17.6. The Morgan fingerprint density at radius 2 is 0.816 bits per heavy atom. The van der Waals surface area contributed by atoms with Crippen LogP contribution < -0.4 is 0 Å². The zero-order valence-corrected chi connectivity index (χ0v) is 32.7. The summed E-state index contributed by atoms with van der Waals surface area (Å²) in [5, 5.41) is 0. The molecule has 0 heterocycles. The first-order valence-corrected chi connectivity index (χ1v) is 23.8. The maximum Gasteiger partial charge on any atom is -0.0200 e. The summed E-state index contributed by atoms with van der Waals surface area (Å²) in [6.45, 7) is 5.54. The van der Waals surface area contributed by atoms with Gasteiger partial charge in [-0.1, -0.05) is 103 Å². The lowest BCUT2D eigenvalue weighted by Crippen LogP contribution is -2.54. The topological polar surface area (TPSA) is 0 Å². The maximum absolute atomic E-state index is 3.00. The van der Waals surface area contributed by atoms with Crippen LogP contribution in [0.3, 0.4) is 0 Å². The standard InChI is InChI=1S/C49H80/c1-49(2)45-24-14-13-19-38(45)39-30-29-37(32-46(39)49)48-42-22-11-9-20-40(42)47(41-21-10-12-23-43(41)48)36-27-25-33(26-28-36)31-44(34-15-5-3-6-16-34)35-17-7-4-8-18-35/h31,33-43,45-48H,3-30,32H2,1-2H3. The maximum atomic E-state index is 3.00. The van der Waals surface area contributed by atoms with Gasteiger partial charge in [0.15, 0.2) is 0 Å². The van der Waals surface area contributed by atoms with Gasteiger partial charge in [0.2, 0.25) is 0 Å². The van der Waals surface area contributed by atoms with E-state index in [0.29, 0.717) is 5.41 Å². The van der Waals surface area contributed by atoms with E-state index in [4.69, 9.17) is 0 Å². The number of fused-ring (bicyclic) bond motifs is 5. The Balaban J connectivity index is 0.925. The van der Waals surface area contributed by atoms with Crippen molar-refractivity contribution in [3.63, 3.8) is 0 Å². The summed E-state index contributed by atoms with van der Waals surface area (Å²) >= 11 is 0. The van der Waals surface area contributed by atoms with Crippen LogP contribution in [0.2, 0.25) is 0 Å². The summed E-state index contributed by atoms with van der Waals surface area (Å²) < 4.78 is 0. The lowest BCUT2D eigenvalue weighted by atomic mass is 9.44. The van der Waals surface area contributed by atoms with Gasteiger partial charge in [0.25, 0.3) is 0 Å². The van der Waals surface area contributed by atoms with Crippen LogP contribution >= 0.6 is 0 Å². The Hall–Kier alpha value is -0.260. The van der Waals surface area contributed by atoms with E-state index in [-0.39, 0.29) is 0 Å². The Morgan fingerprint density at radius 1 is 0.388 bits per heavy atom. The second-order valence-electron chi connectivity index (χ2n) is 21.6. The first-order chi connectivity index (χ1) is 24.1. The smallest absolute Gasteiger partial charge is 0.0200 e. The van der Waals surface area contributed by atoms with Crippen molar-refractivity contribution in [2.75, 3.05) is 0 Å². The van der Waals surface area contributed by atoms with Crippen LogP contribution in [0.5, 0.6) is 0 Å². The SMILES string of the molecule is CC1(C)C2CCCCC2C2CCC(C3C4CCCCC4C(C4CCC(C=C(C5CCCCC5)C5CCCCC5)CC4)C4CCCCC43)CC21. The third kappa shape index (κ3) is 6.52. The van der Waals surface area contributed by atoms with E-state index >= 15 is 0 Å². The largest absolute Gasteiger partial charge is 0.0817 e. The second-order valence-corrected chi connectivity index (χ2v) is 21.6. The molecule has 0 aromatic carbocycles. The van der Waals surface area contributed by atoms with E-state index in [2.05, 4.69) is 19.9 Å². The zero-order chi connectivity index (χ0) is 33.0. The molecule has 9 fully saturated rings. The first kappa shape index (κ1) is 34.5. The number of hydrogen-bond donors (Lipinski definition) is 0. The van der Waals surface area contributed by atoms with Crippen molar-refractivity contribution in [3.05, 3.63) is 11.6 Å². The molecule has 9 atom stereocenters. The third-order valence-corrected chi connectivity index (χ3v) is 19.4. The van der Waals surface area contributed by atoms with Crippen LogP contribution in [0.25, 0.3) is 0 Å². The number of rotatable bonds is 5. The number of allylic oxidation sites excluding steroid dienone is 2. The van der Waals surface area contributed by atoms with Gasteiger partial charge in [-0.15, -0.1) is 0 Å². The third-order valence-electron chi connectivity index (χ3n) is 19.4. The van der Waals surface area contributed by atoms with Crippen molar-refractivity contribution in [1.82, 2.24) is 0 Å². The van der Waals surface area contributed by atoms with E-state index in [0.717, 1.165) is 88.8 Å². The van der Waals surface area contributed by atoms with Crippen LogP contribution in [0.15, 0.2) is 11.6 Å². The Bertz CT molecular complexity index is 1060. The lowest BCUT2D eigenvalue weighted by molar-refractivity contribution is -0.119. The van der Waals surface area contributed by atoms with Crippen LogP contribution in [0.4, 0.5) is 0 Å². The van der Waals surface area contributed by atoms with Crippen molar-refractivity contribution in [1.29, 1.82) is 0 Å². The average molecular weight is 669 g/mol. The van der Waals surface area contributed by atoms with E-state index in [1.54, 1.807) is 116 Å². The van der Waals surface area contributed by atoms with Crippen molar-refractivity contribution in [2.24, 2.45) is 94.2 Å². The molecule has 0 aliphatic heterocycles. The van der Waals surface area contributed by atoms with Crippen molar-refractivity contribution >= 4 is 0 Å². The van der Waals surface area contributed by atoms with Gasteiger partial charge in [0.1, 0.15) is 0 Å². The summed E-state index contributed by atoms with van der Waals surface area (Å²) in [4.78, 5) is 0. The van der Waals surface area contributed by atoms with Gasteiger partial charge < -0.3 is 0 Å². The van der Waals surface area contributed by atoms with E-state index in [9.17, 15) is 0 Å². The molecule has 0 spiro atoms. The van der Waals surface area contributed by atoms with Crippen molar-refractivity contribution < 1.29 is 0 Å². The summed E-state index contributed by atoms with van der Waals surface area (Å²) in [5.41, 5.74) is 2.63.